The van der Waals surface area contributed by atoms with Crippen LogP contribution in [-0.2, 0) is 4.79 Å². The van der Waals surface area contributed by atoms with E-state index in [2.05, 4.69) is 10.3 Å². The lowest BCUT2D eigenvalue weighted by Crippen LogP contribution is -2.13. The number of carbonyl (C=O) groups is 1. The highest BCUT2D eigenvalue weighted by atomic mass is 35.5. The molecule has 1 N–H and O–H groups in total. The fourth-order valence-electron chi connectivity index (χ4n) is 1.90. The Morgan fingerprint density at radius 2 is 1.74 bits per heavy atom. The number of nitrogens with zero attached hydrogens (tertiary/aromatic N) is 1. The van der Waals surface area contributed by atoms with Crippen LogP contribution in [0.2, 0.25) is 10.0 Å². The van der Waals surface area contributed by atoms with Crippen molar-refractivity contribution in [2.24, 2.45) is 4.99 Å². The molecule has 19 heavy (non-hydrogen) atoms. The van der Waals surface area contributed by atoms with Crippen molar-refractivity contribution in [3.8, 4) is 0 Å². The zero-order valence-corrected chi connectivity index (χ0v) is 11.2. The summed E-state index contributed by atoms with van der Waals surface area (Å²) in [6.45, 7) is 0. The lowest BCUT2D eigenvalue weighted by molar-refractivity contribution is -0.110. The summed E-state index contributed by atoms with van der Waals surface area (Å²) in [6, 6.07) is 12.3. The normalized spacial score (nSPS) is 15.5. The molecule has 1 heterocycles. The average molecular weight is 291 g/mol. The van der Waals surface area contributed by atoms with Gasteiger partial charge in [0.05, 0.1) is 16.4 Å². The van der Waals surface area contributed by atoms with E-state index < -0.39 is 0 Å². The molecule has 3 rings (SSSR count). The number of rotatable bonds is 1. The molecule has 1 amide bonds. The smallest absolute Gasteiger partial charge is 0.275 e. The van der Waals surface area contributed by atoms with Gasteiger partial charge < -0.3 is 5.32 Å². The second-order valence-corrected chi connectivity index (χ2v) is 4.90. The van der Waals surface area contributed by atoms with E-state index in [4.69, 9.17) is 23.2 Å². The standard InChI is InChI=1S/C14H8Cl2N2O/c15-8-4-6-9(7-5-8)17-13-10-2-1-3-11(16)12(10)18-14(13)19/h1-7H,(H,17,18,19). The monoisotopic (exact) mass is 290 g/mol. The Kier molecular flexibility index (Phi) is 3.01. The Morgan fingerprint density at radius 3 is 2.47 bits per heavy atom. The highest BCUT2D eigenvalue weighted by Gasteiger charge is 2.27. The van der Waals surface area contributed by atoms with E-state index in [1.54, 1.807) is 36.4 Å². The average Bonchev–Trinajstić information content (AvgIpc) is 2.71. The maximum absolute atomic E-state index is 11.9. The Balaban J connectivity index is 2.09. The third-order valence-corrected chi connectivity index (χ3v) is 3.36. The van der Waals surface area contributed by atoms with Crippen molar-refractivity contribution in [2.75, 3.05) is 5.32 Å². The van der Waals surface area contributed by atoms with Crippen LogP contribution < -0.4 is 5.32 Å². The van der Waals surface area contributed by atoms with Crippen molar-refractivity contribution < 1.29 is 4.79 Å². The Labute approximate surface area is 119 Å². The lowest BCUT2D eigenvalue weighted by Gasteiger charge is -1.99. The van der Waals surface area contributed by atoms with E-state index in [0.29, 0.717) is 32.7 Å². The number of hydrogen-bond acceptors (Lipinski definition) is 2. The number of amides is 1. The van der Waals surface area contributed by atoms with Gasteiger partial charge in [-0.3, -0.25) is 4.79 Å². The predicted octanol–water partition coefficient (Wildman–Crippen LogP) is 4.07. The molecule has 1 aliphatic rings. The molecule has 0 radical (unpaired) electrons. The van der Waals surface area contributed by atoms with Crippen molar-refractivity contribution >= 4 is 46.2 Å². The third-order valence-electron chi connectivity index (χ3n) is 2.79. The van der Waals surface area contributed by atoms with Gasteiger partial charge in [0.15, 0.2) is 0 Å². The van der Waals surface area contributed by atoms with E-state index in [9.17, 15) is 4.79 Å². The number of nitrogens with one attached hydrogen (secondary N) is 1. The summed E-state index contributed by atoms with van der Waals surface area (Å²) in [5, 5.41) is 3.85. The van der Waals surface area contributed by atoms with Crippen LogP contribution in [-0.4, -0.2) is 11.6 Å². The number of hydrogen-bond donors (Lipinski definition) is 1. The molecule has 2 aromatic carbocycles. The topological polar surface area (TPSA) is 41.5 Å². The van der Waals surface area contributed by atoms with E-state index in [1.165, 1.54) is 0 Å². The van der Waals surface area contributed by atoms with Crippen LogP contribution in [0.15, 0.2) is 47.5 Å². The van der Waals surface area contributed by atoms with Crippen LogP contribution in [0.3, 0.4) is 0 Å². The number of fused-ring (bicyclic) bond motifs is 1. The van der Waals surface area contributed by atoms with Crippen molar-refractivity contribution in [3.05, 3.63) is 58.1 Å². The second kappa shape index (κ2) is 4.68. The minimum absolute atomic E-state index is 0.252. The zero-order chi connectivity index (χ0) is 13.4. The fourth-order valence-corrected chi connectivity index (χ4v) is 2.25. The Bertz CT molecular complexity index is 693. The first-order valence-electron chi connectivity index (χ1n) is 5.59. The first-order chi connectivity index (χ1) is 9.15. The lowest BCUT2D eigenvalue weighted by atomic mass is 10.1. The van der Waals surface area contributed by atoms with Crippen LogP contribution in [0.25, 0.3) is 0 Å². The van der Waals surface area contributed by atoms with Gasteiger partial charge in [0.25, 0.3) is 5.91 Å². The van der Waals surface area contributed by atoms with Crippen LogP contribution >= 0.6 is 23.2 Å². The largest absolute Gasteiger partial charge is 0.319 e. The Hall–Kier alpha value is -1.84. The van der Waals surface area contributed by atoms with Gasteiger partial charge in [-0.1, -0.05) is 35.3 Å². The molecular formula is C14H8Cl2N2O. The number of anilines is 1. The van der Waals surface area contributed by atoms with Gasteiger partial charge in [-0.2, -0.15) is 0 Å². The number of carbonyl (C=O) groups excluding carboxylic acids is 1. The minimum Gasteiger partial charge on any atom is -0.319 e. The third kappa shape index (κ3) is 2.23. The van der Waals surface area contributed by atoms with E-state index >= 15 is 0 Å². The number of benzene rings is 2. The molecule has 0 aliphatic carbocycles. The molecule has 0 bridgehead atoms. The molecule has 1 aliphatic heterocycles. The van der Waals surface area contributed by atoms with Gasteiger partial charge >= 0.3 is 0 Å². The van der Waals surface area contributed by atoms with Gasteiger partial charge in [0.2, 0.25) is 0 Å². The van der Waals surface area contributed by atoms with Crippen molar-refractivity contribution in [1.82, 2.24) is 0 Å². The summed E-state index contributed by atoms with van der Waals surface area (Å²) in [6.07, 6.45) is 0. The first-order valence-corrected chi connectivity index (χ1v) is 6.35. The van der Waals surface area contributed by atoms with Crippen molar-refractivity contribution in [2.45, 2.75) is 0 Å². The van der Waals surface area contributed by atoms with Crippen LogP contribution in [0.5, 0.6) is 0 Å². The summed E-state index contributed by atoms with van der Waals surface area (Å²) in [5.74, 6) is -0.252. The molecule has 2 aromatic rings. The van der Waals surface area contributed by atoms with Crippen molar-refractivity contribution in [3.63, 3.8) is 0 Å². The molecule has 94 valence electrons. The zero-order valence-electron chi connectivity index (χ0n) is 9.65. The first kappa shape index (κ1) is 12.2. The van der Waals surface area contributed by atoms with Crippen LogP contribution in [0.4, 0.5) is 11.4 Å². The summed E-state index contributed by atoms with van der Waals surface area (Å²) < 4.78 is 0. The minimum atomic E-state index is -0.252. The predicted molar refractivity (Wildman–Crippen MR) is 77.7 cm³/mol. The van der Waals surface area contributed by atoms with Gasteiger partial charge in [0.1, 0.15) is 5.71 Å². The molecule has 0 aromatic heterocycles. The second-order valence-electron chi connectivity index (χ2n) is 4.05. The maximum atomic E-state index is 11.9. The van der Waals surface area contributed by atoms with Crippen molar-refractivity contribution in [1.29, 1.82) is 0 Å². The molecule has 0 spiro atoms. The fraction of sp³-hybridized carbons (Fsp3) is 0. The molecule has 0 saturated carbocycles. The summed E-state index contributed by atoms with van der Waals surface area (Å²) >= 11 is 11.9. The summed E-state index contributed by atoms with van der Waals surface area (Å²) in [5.41, 5.74) is 2.36. The van der Waals surface area contributed by atoms with Crippen LogP contribution in [0.1, 0.15) is 5.56 Å². The Morgan fingerprint density at radius 1 is 1.00 bits per heavy atom. The summed E-state index contributed by atoms with van der Waals surface area (Å²) in [7, 11) is 0. The van der Waals surface area contributed by atoms with E-state index in [1.807, 2.05) is 6.07 Å². The van der Waals surface area contributed by atoms with Crippen LogP contribution in [0, 0.1) is 0 Å². The molecule has 0 saturated heterocycles. The molecule has 3 nitrogen and oxygen atoms in total. The highest BCUT2D eigenvalue weighted by molar-refractivity contribution is 6.55. The maximum Gasteiger partial charge on any atom is 0.275 e. The number of aliphatic imine (C=N–C) groups is 1. The summed E-state index contributed by atoms with van der Waals surface area (Å²) in [4.78, 5) is 16.3. The highest BCUT2D eigenvalue weighted by Crippen LogP contribution is 2.32. The van der Waals surface area contributed by atoms with E-state index in [0.717, 1.165) is 0 Å². The molecule has 0 atom stereocenters. The molecule has 0 fully saturated rings. The van der Waals surface area contributed by atoms with Gasteiger partial charge in [-0.15, -0.1) is 0 Å². The number of halogens is 2. The van der Waals surface area contributed by atoms with Gasteiger partial charge in [-0.05, 0) is 30.3 Å². The number of para-hydroxylation sites is 1. The molecular weight excluding hydrogens is 283 g/mol. The quantitative estimate of drug-likeness (QED) is 0.845. The van der Waals surface area contributed by atoms with E-state index in [-0.39, 0.29) is 5.91 Å². The SMILES string of the molecule is O=C1Nc2c(Cl)cccc2C1=Nc1ccc(Cl)cc1. The van der Waals surface area contributed by atoms with Gasteiger partial charge in [0, 0.05) is 10.6 Å². The molecule has 5 heteroatoms. The van der Waals surface area contributed by atoms with Gasteiger partial charge in [-0.25, -0.2) is 4.99 Å². The molecule has 0 unspecified atom stereocenters.